The number of carbonyl (C=O) groups excluding carboxylic acids is 1. The van der Waals surface area contributed by atoms with Crippen LogP contribution in [0.5, 0.6) is 11.5 Å². The molecular weight excluding hydrogens is 324 g/mol. The van der Waals surface area contributed by atoms with Gasteiger partial charge < -0.3 is 20.1 Å². The van der Waals surface area contributed by atoms with Gasteiger partial charge in [0.1, 0.15) is 13.2 Å². The molecule has 2 unspecified atom stereocenters. The first-order valence-corrected chi connectivity index (χ1v) is 9.88. The number of hydrogen-bond acceptors (Lipinski definition) is 5. The molecule has 1 amide bonds. The van der Waals surface area contributed by atoms with Crippen LogP contribution in [0.15, 0.2) is 17.0 Å². The number of nitrogens with one attached hydrogen (secondary N) is 2. The van der Waals surface area contributed by atoms with E-state index in [0.717, 1.165) is 29.4 Å². The van der Waals surface area contributed by atoms with E-state index >= 15 is 0 Å². The Bertz CT molecular complexity index is 588. The molecule has 1 fully saturated rings. The Morgan fingerprint density at radius 1 is 1.38 bits per heavy atom. The largest absolute Gasteiger partial charge is 0.486 e. The van der Waals surface area contributed by atoms with Crippen LogP contribution in [0.2, 0.25) is 0 Å². The van der Waals surface area contributed by atoms with Crippen molar-refractivity contribution in [3.63, 3.8) is 0 Å². The molecule has 3 rings (SSSR count). The van der Waals surface area contributed by atoms with Crippen LogP contribution in [0.3, 0.4) is 0 Å². The molecule has 2 N–H and O–H groups in total. The van der Waals surface area contributed by atoms with Crippen LogP contribution in [0.1, 0.15) is 26.2 Å². The van der Waals surface area contributed by atoms with E-state index in [1.165, 1.54) is 12.8 Å². The molecule has 1 aromatic carbocycles. The Balaban J connectivity index is 1.64. The Labute approximate surface area is 147 Å². The fourth-order valence-electron chi connectivity index (χ4n) is 3.36. The highest BCUT2D eigenvalue weighted by atomic mass is 32.2. The smallest absolute Gasteiger partial charge is 0.224 e. The van der Waals surface area contributed by atoms with Crippen molar-refractivity contribution in [1.82, 2.24) is 5.32 Å². The molecule has 0 aliphatic carbocycles. The lowest BCUT2D eigenvalue weighted by atomic mass is 9.85. The van der Waals surface area contributed by atoms with Gasteiger partial charge in [0.05, 0.1) is 5.69 Å². The highest BCUT2D eigenvalue weighted by molar-refractivity contribution is 7.98. The van der Waals surface area contributed by atoms with Crippen molar-refractivity contribution >= 4 is 23.4 Å². The second-order valence-corrected chi connectivity index (χ2v) is 7.38. The summed E-state index contributed by atoms with van der Waals surface area (Å²) in [6.45, 7) is 5.42. The number of thioether (sulfide) groups is 1. The lowest BCUT2D eigenvalue weighted by Gasteiger charge is -2.28. The Morgan fingerprint density at radius 2 is 2.12 bits per heavy atom. The maximum Gasteiger partial charge on any atom is 0.224 e. The molecule has 6 heteroatoms. The second kappa shape index (κ2) is 8.12. The van der Waals surface area contributed by atoms with Gasteiger partial charge in [-0.3, -0.25) is 4.79 Å². The topological polar surface area (TPSA) is 59.6 Å². The van der Waals surface area contributed by atoms with Crippen molar-refractivity contribution in [2.75, 3.05) is 37.9 Å². The number of rotatable bonds is 5. The fourth-order valence-corrected chi connectivity index (χ4v) is 3.92. The predicted octanol–water partition coefficient (Wildman–Crippen LogP) is 3.14. The summed E-state index contributed by atoms with van der Waals surface area (Å²) >= 11 is 1.60. The summed E-state index contributed by atoms with van der Waals surface area (Å²) in [5.41, 5.74) is 0.811. The zero-order valence-electron chi connectivity index (χ0n) is 14.4. The minimum atomic E-state index is 0.0695. The molecule has 0 aromatic heterocycles. The van der Waals surface area contributed by atoms with Gasteiger partial charge in [-0.1, -0.05) is 6.92 Å². The van der Waals surface area contributed by atoms with Gasteiger partial charge in [-0.2, -0.15) is 0 Å². The SMILES string of the molecule is CSc1cc2c(cc1NC(=O)CC(C)C1CCCNC1)OCCO2. The predicted molar refractivity (Wildman–Crippen MR) is 97.2 cm³/mol. The fraction of sp³-hybridized carbons (Fsp3) is 0.611. The highest BCUT2D eigenvalue weighted by Crippen LogP contribution is 2.39. The summed E-state index contributed by atoms with van der Waals surface area (Å²) in [5.74, 6) is 2.50. The molecular formula is C18H26N2O3S. The summed E-state index contributed by atoms with van der Waals surface area (Å²) in [4.78, 5) is 13.5. The molecule has 5 nitrogen and oxygen atoms in total. The van der Waals surface area contributed by atoms with Crippen LogP contribution < -0.4 is 20.1 Å². The molecule has 24 heavy (non-hydrogen) atoms. The van der Waals surface area contributed by atoms with Crippen molar-refractivity contribution < 1.29 is 14.3 Å². The van der Waals surface area contributed by atoms with Crippen LogP contribution >= 0.6 is 11.8 Å². The molecule has 2 heterocycles. The van der Waals surface area contributed by atoms with Crippen LogP contribution in [-0.2, 0) is 4.79 Å². The quantitative estimate of drug-likeness (QED) is 0.799. The average Bonchev–Trinajstić information content (AvgIpc) is 2.61. The van der Waals surface area contributed by atoms with Crippen molar-refractivity contribution in [2.24, 2.45) is 11.8 Å². The van der Waals surface area contributed by atoms with E-state index in [2.05, 4.69) is 17.6 Å². The lowest BCUT2D eigenvalue weighted by molar-refractivity contribution is -0.117. The zero-order chi connectivity index (χ0) is 16.9. The van der Waals surface area contributed by atoms with E-state index in [4.69, 9.17) is 9.47 Å². The molecule has 1 saturated heterocycles. The van der Waals surface area contributed by atoms with Gasteiger partial charge in [-0.05, 0) is 50.1 Å². The standard InChI is InChI=1S/C18H26N2O3S/c1-12(13-4-3-5-19-11-13)8-18(21)20-14-9-15-16(10-17(14)24-2)23-7-6-22-15/h9-10,12-13,19H,3-8,11H2,1-2H3,(H,20,21). The van der Waals surface area contributed by atoms with Gasteiger partial charge in [0.15, 0.2) is 11.5 Å². The van der Waals surface area contributed by atoms with Gasteiger partial charge in [-0.15, -0.1) is 11.8 Å². The molecule has 1 aromatic rings. The Kier molecular flexibility index (Phi) is 5.89. The summed E-state index contributed by atoms with van der Waals surface area (Å²) < 4.78 is 11.2. The average molecular weight is 350 g/mol. The molecule has 2 aliphatic rings. The zero-order valence-corrected chi connectivity index (χ0v) is 15.2. The van der Waals surface area contributed by atoms with Crippen LogP contribution in [0, 0.1) is 11.8 Å². The number of hydrogen-bond donors (Lipinski definition) is 2. The van der Waals surface area contributed by atoms with Crippen molar-refractivity contribution in [3.8, 4) is 11.5 Å². The number of fused-ring (bicyclic) bond motifs is 1. The monoisotopic (exact) mass is 350 g/mol. The lowest BCUT2D eigenvalue weighted by Crippen LogP contribution is -2.34. The van der Waals surface area contributed by atoms with E-state index in [1.54, 1.807) is 11.8 Å². The molecule has 132 valence electrons. The normalized spacial score (nSPS) is 21.2. The molecule has 0 radical (unpaired) electrons. The minimum Gasteiger partial charge on any atom is -0.486 e. The number of ether oxygens (including phenoxy) is 2. The second-order valence-electron chi connectivity index (χ2n) is 6.53. The molecule has 2 atom stereocenters. The number of amides is 1. The van der Waals surface area contributed by atoms with Crippen LogP contribution in [0.4, 0.5) is 5.69 Å². The third-order valence-corrected chi connectivity index (χ3v) is 5.56. The molecule has 0 bridgehead atoms. The summed E-state index contributed by atoms with van der Waals surface area (Å²) in [6, 6.07) is 3.83. The maximum atomic E-state index is 12.5. The molecule has 0 saturated carbocycles. The first-order valence-electron chi connectivity index (χ1n) is 8.65. The Morgan fingerprint density at radius 3 is 2.79 bits per heavy atom. The number of anilines is 1. The third kappa shape index (κ3) is 4.16. The van der Waals surface area contributed by atoms with E-state index < -0.39 is 0 Å². The van der Waals surface area contributed by atoms with Crippen LogP contribution in [0.25, 0.3) is 0 Å². The van der Waals surface area contributed by atoms with Crippen molar-refractivity contribution in [2.45, 2.75) is 31.1 Å². The van der Waals surface area contributed by atoms with Crippen LogP contribution in [-0.4, -0.2) is 38.5 Å². The summed E-state index contributed by atoms with van der Waals surface area (Å²) in [6.07, 6.45) is 4.96. The van der Waals surface area contributed by atoms with E-state index in [0.29, 0.717) is 37.2 Å². The molecule has 0 spiro atoms. The van der Waals surface area contributed by atoms with Gasteiger partial charge >= 0.3 is 0 Å². The van der Waals surface area contributed by atoms with E-state index in [1.807, 2.05) is 18.4 Å². The van der Waals surface area contributed by atoms with E-state index in [-0.39, 0.29) is 5.91 Å². The third-order valence-electron chi connectivity index (χ3n) is 4.79. The van der Waals surface area contributed by atoms with Gasteiger partial charge in [0, 0.05) is 17.4 Å². The van der Waals surface area contributed by atoms with Gasteiger partial charge in [0.2, 0.25) is 5.91 Å². The summed E-state index contributed by atoms with van der Waals surface area (Å²) in [7, 11) is 0. The first kappa shape index (κ1) is 17.4. The van der Waals surface area contributed by atoms with Crippen molar-refractivity contribution in [1.29, 1.82) is 0 Å². The molecule has 2 aliphatic heterocycles. The van der Waals surface area contributed by atoms with Gasteiger partial charge in [0.25, 0.3) is 0 Å². The van der Waals surface area contributed by atoms with Gasteiger partial charge in [-0.25, -0.2) is 0 Å². The number of carbonyl (C=O) groups is 1. The first-order chi connectivity index (χ1) is 11.7. The number of piperidine rings is 1. The van der Waals surface area contributed by atoms with E-state index in [9.17, 15) is 4.79 Å². The summed E-state index contributed by atoms with van der Waals surface area (Å²) in [5, 5.41) is 6.49. The maximum absolute atomic E-state index is 12.5. The Hall–Kier alpha value is -1.40. The number of benzene rings is 1. The minimum absolute atomic E-state index is 0.0695. The van der Waals surface area contributed by atoms with Crippen molar-refractivity contribution in [3.05, 3.63) is 12.1 Å². The highest BCUT2D eigenvalue weighted by Gasteiger charge is 2.23.